The van der Waals surface area contributed by atoms with E-state index in [9.17, 15) is 4.79 Å². The van der Waals surface area contributed by atoms with E-state index in [1.54, 1.807) is 4.90 Å². The van der Waals surface area contributed by atoms with Gasteiger partial charge >= 0.3 is 0 Å². The summed E-state index contributed by atoms with van der Waals surface area (Å²) in [5.74, 6) is 0.957. The molecule has 1 rings (SSSR count). The highest BCUT2D eigenvalue weighted by molar-refractivity contribution is 5.76. The highest BCUT2D eigenvalue weighted by Gasteiger charge is 2.21. The van der Waals surface area contributed by atoms with Gasteiger partial charge in [-0.2, -0.15) is 0 Å². The summed E-state index contributed by atoms with van der Waals surface area (Å²) in [4.78, 5) is 13.9. The molecule has 4 nitrogen and oxygen atoms in total. The first kappa shape index (κ1) is 18.5. The van der Waals surface area contributed by atoms with Crippen LogP contribution < -0.4 is 10.5 Å². The van der Waals surface area contributed by atoms with Crippen molar-refractivity contribution < 1.29 is 9.53 Å². The van der Waals surface area contributed by atoms with Gasteiger partial charge < -0.3 is 15.4 Å². The Bertz CT molecular complexity index is 524. The lowest BCUT2D eigenvalue weighted by Gasteiger charge is -2.29. The predicted octanol–water partition coefficient (Wildman–Crippen LogP) is 2.82. The summed E-state index contributed by atoms with van der Waals surface area (Å²) in [7, 11) is 1.82. The van der Waals surface area contributed by atoms with Crippen molar-refractivity contribution in [2.45, 2.75) is 41.0 Å². The standard InChI is InChI=1S/C18H30N2O2/c1-13-9-14(2)15(3)16(10-13)22-8-7-17(21)20(6)12-18(4,5)11-19/h9-10H,7-8,11-12,19H2,1-6H3. The Morgan fingerprint density at radius 3 is 2.50 bits per heavy atom. The average molecular weight is 306 g/mol. The molecule has 0 saturated heterocycles. The number of amides is 1. The van der Waals surface area contributed by atoms with Crippen LogP contribution >= 0.6 is 0 Å². The number of nitrogens with zero attached hydrogens (tertiary/aromatic N) is 1. The van der Waals surface area contributed by atoms with Crippen LogP contribution in [0.1, 0.15) is 37.0 Å². The average Bonchev–Trinajstić information content (AvgIpc) is 2.43. The van der Waals surface area contributed by atoms with E-state index in [-0.39, 0.29) is 11.3 Å². The summed E-state index contributed by atoms with van der Waals surface area (Å²) in [6.07, 6.45) is 0.379. The maximum atomic E-state index is 12.2. The predicted molar refractivity (Wildman–Crippen MR) is 91.2 cm³/mol. The third-order valence-electron chi connectivity index (χ3n) is 3.98. The van der Waals surface area contributed by atoms with Crippen molar-refractivity contribution in [1.82, 2.24) is 4.90 Å². The first-order chi connectivity index (χ1) is 10.2. The van der Waals surface area contributed by atoms with E-state index in [2.05, 4.69) is 26.8 Å². The van der Waals surface area contributed by atoms with Gasteiger partial charge in [0.15, 0.2) is 0 Å². The van der Waals surface area contributed by atoms with E-state index in [0.717, 1.165) is 11.3 Å². The number of carbonyl (C=O) groups is 1. The van der Waals surface area contributed by atoms with E-state index in [1.807, 2.05) is 27.0 Å². The van der Waals surface area contributed by atoms with Gasteiger partial charge in [-0.15, -0.1) is 0 Å². The first-order valence-corrected chi connectivity index (χ1v) is 7.81. The third-order valence-corrected chi connectivity index (χ3v) is 3.98. The molecule has 2 N–H and O–H groups in total. The van der Waals surface area contributed by atoms with E-state index in [1.165, 1.54) is 11.1 Å². The number of hydrogen-bond donors (Lipinski definition) is 1. The Morgan fingerprint density at radius 2 is 1.91 bits per heavy atom. The second kappa shape index (κ2) is 7.63. The van der Waals surface area contributed by atoms with Gasteiger partial charge in [-0.25, -0.2) is 0 Å². The molecular formula is C18H30N2O2. The van der Waals surface area contributed by atoms with Crippen molar-refractivity contribution >= 4 is 5.91 Å². The van der Waals surface area contributed by atoms with Gasteiger partial charge in [-0.05, 0) is 55.5 Å². The SMILES string of the molecule is Cc1cc(C)c(C)c(OCCC(=O)N(C)CC(C)(C)CN)c1. The monoisotopic (exact) mass is 306 g/mol. The van der Waals surface area contributed by atoms with Crippen molar-refractivity contribution in [2.75, 3.05) is 26.7 Å². The fourth-order valence-electron chi connectivity index (χ4n) is 2.38. The molecule has 1 amide bonds. The molecule has 0 radical (unpaired) electrons. The second-order valence-corrected chi connectivity index (χ2v) is 6.92. The van der Waals surface area contributed by atoms with Gasteiger partial charge in [-0.3, -0.25) is 4.79 Å². The lowest BCUT2D eigenvalue weighted by Crippen LogP contribution is -2.40. The van der Waals surface area contributed by atoms with Crippen molar-refractivity contribution in [3.8, 4) is 5.75 Å². The second-order valence-electron chi connectivity index (χ2n) is 6.92. The van der Waals surface area contributed by atoms with Crippen LogP contribution in [0, 0.1) is 26.2 Å². The molecule has 1 aromatic carbocycles. The van der Waals surface area contributed by atoms with Crippen molar-refractivity contribution in [3.05, 3.63) is 28.8 Å². The minimum absolute atomic E-state index is 0.0600. The molecule has 0 saturated carbocycles. The molecule has 0 heterocycles. The molecule has 0 bridgehead atoms. The van der Waals surface area contributed by atoms with Crippen LogP contribution in [0.25, 0.3) is 0 Å². The molecule has 0 unspecified atom stereocenters. The first-order valence-electron chi connectivity index (χ1n) is 7.81. The van der Waals surface area contributed by atoms with Crippen molar-refractivity contribution in [1.29, 1.82) is 0 Å². The number of benzene rings is 1. The molecule has 0 atom stereocenters. The number of ether oxygens (including phenoxy) is 1. The zero-order valence-corrected chi connectivity index (χ0v) is 14.8. The maximum absolute atomic E-state index is 12.2. The van der Waals surface area contributed by atoms with Gasteiger partial charge in [0, 0.05) is 13.6 Å². The summed E-state index contributed by atoms with van der Waals surface area (Å²) < 4.78 is 5.80. The maximum Gasteiger partial charge on any atom is 0.225 e. The minimum Gasteiger partial charge on any atom is -0.493 e. The number of aryl methyl sites for hydroxylation is 2. The normalized spacial score (nSPS) is 11.4. The Labute approximate surface area is 134 Å². The van der Waals surface area contributed by atoms with Crippen molar-refractivity contribution in [2.24, 2.45) is 11.1 Å². The lowest BCUT2D eigenvalue weighted by molar-refractivity contribution is -0.131. The van der Waals surface area contributed by atoms with Gasteiger partial charge in [-0.1, -0.05) is 19.9 Å². The molecule has 0 aliphatic rings. The van der Waals surface area contributed by atoms with Crippen LogP contribution in [0.4, 0.5) is 0 Å². The molecule has 0 aliphatic heterocycles. The van der Waals surface area contributed by atoms with E-state index >= 15 is 0 Å². The molecule has 124 valence electrons. The molecule has 0 spiro atoms. The van der Waals surface area contributed by atoms with E-state index in [4.69, 9.17) is 10.5 Å². The topological polar surface area (TPSA) is 55.6 Å². The summed E-state index contributed by atoms with van der Waals surface area (Å²) in [5.41, 5.74) is 9.17. The van der Waals surface area contributed by atoms with Gasteiger partial charge in [0.1, 0.15) is 5.75 Å². The Hall–Kier alpha value is -1.55. The number of rotatable bonds is 7. The van der Waals surface area contributed by atoms with Gasteiger partial charge in [0.25, 0.3) is 0 Å². The van der Waals surface area contributed by atoms with Gasteiger partial charge in [0.2, 0.25) is 5.91 Å². The molecular weight excluding hydrogens is 276 g/mol. The Morgan fingerprint density at radius 1 is 1.27 bits per heavy atom. The molecule has 1 aromatic rings. The van der Waals surface area contributed by atoms with Crippen LogP contribution in [0.3, 0.4) is 0 Å². The zero-order chi connectivity index (χ0) is 16.9. The van der Waals surface area contributed by atoms with Crippen LogP contribution in [0.2, 0.25) is 0 Å². The van der Waals surface area contributed by atoms with E-state index < -0.39 is 0 Å². The molecule has 4 heteroatoms. The Kier molecular flexibility index (Phi) is 6.42. The quantitative estimate of drug-likeness (QED) is 0.843. The minimum atomic E-state index is -0.0600. The van der Waals surface area contributed by atoms with Crippen LogP contribution in [-0.4, -0.2) is 37.6 Å². The number of carbonyl (C=O) groups excluding carboxylic acids is 1. The van der Waals surface area contributed by atoms with Crippen molar-refractivity contribution in [3.63, 3.8) is 0 Å². The fraction of sp³-hybridized carbons (Fsp3) is 0.611. The smallest absolute Gasteiger partial charge is 0.225 e. The van der Waals surface area contributed by atoms with Crippen LogP contribution in [0.15, 0.2) is 12.1 Å². The zero-order valence-electron chi connectivity index (χ0n) is 14.8. The number of nitrogens with two attached hydrogens (primary N) is 1. The molecule has 0 aliphatic carbocycles. The largest absolute Gasteiger partial charge is 0.493 e. The summed E-state index contributed by atoms with van der Waals surface area (Å²) >= 11 is 0. The third kappa shape index (κ3) is 5.34. The highest BCUT2D eigenvalue weighted by atomic mass is 16.5. The molecule has 0 aromatic heterocycles. The lowest BCUT2D eigenvalue weighted by atomic mass is 9.93. The summed E-state index contributed by atoms with van der Waals surface area (Å²) in [5, 5.41) is 0. The van der Waals surface area contributed by atoms with Gasteiger partial charge in [0.05, 0.1) is 13.0 Å². The van der Waals surface area contributed by atoms with Crippen LogP contribution in [-0.2, 0) is 4.79 Å². The summed E-state index contributed by atoms with van der Waals surface area (Å²) in [6.45, 7) is 11.9. The molecule has 0 fully saturated rings. The van der Waals surface area contributed by atoms with Crippen LogP contribution in [0.5, 0.6) is 5.75 Å². The highest BCUT2D eigenvalue weighted by Crippen LogP contribution is 2.23. The fourth-order valence-corrected chi connectivity index (χ4v) is 2.38. The Balaban J connectivity index is 2.52. The summed E-state index contributed by atoms with van der Waals surface area (Å²) in [6, 6.07) is 4.16. The number of hydrogen-bond acceptors (Lipinski definition) is 3. The molecule has 22 heavy (non-hydrogen) atoms. The van der Waals surface area contributed by atoms with E-state index in [0.29, 0.717) is 26.1 Å².